The number of nitrogen functional groups attached to an aromatic ring is 1. The third-order valence-electron chi connectivity index (χ3n) is 4.27. The molecular weight excluding hydrogens is 318 g/mol. The van der Waals surface area contributed by atoms with Gasteiger partial charge in [0.1, 0.15) is 17.7 Å². The first-order chi connectivity index (χ1) is 12.2. The van der Waals surface area contributed by atoms with Crippen molar-refractivity contribution in [3.05, 3.63) is 36.4 Å². The summed E-state index contributed by atoms with van der Waals surface area (Å²) in [4.78, 5) is 24.4. The topological polar surface area (TPSA) is 118 Å². The van der Waals surface area contributed by atoms with Crippen molar-refractivity contribution in [1.29, 1.82) is 0 Å². The maximum absolute atomic E-state index is 12.0. The zero-order valence-electron chi connectivity index (χ0n) is 14.0. The number of anilines is 3. The predicted molar refractivity (Wildman–Crippen MR) is 96.9 cm³/mol. The van der Waals surface area contributed by atoms with Crippen molar-refractivity contribution in [2.24, 2.45) is 0 Å². The Hall–Kier alpha value is -2.90. The molecule has 5 N–H and O–H groups in total. The van der Waals surface area contributed by atoms with Gasteiger partial charge in [-0.25, -0.2) is 9.97 Å². The second kappa shape index (κ2) is 8.27. The molecule has 25 heavy (non-hydrogen) atoms. The molecular formula is C17H23N7O. The summed E-state index contributed by atoms with van der Waals surface area (Å²) in [5.41, 5.74) is 12.1. The lowest BCUT2D eigenvalue weighted by molar-refractivity contribution is 0.0957. The maximum Gasteiger partial charge on any atom is 0.288 e. The van der Waals surface area contributed by atoms with Gasteiger partial charge in [-0.1, -0.05) is 31.7 Å². The first-order valence-corrected chi connectivity index (χ1v) is 8.58. The van der Waals surface area contributed by atoms with E-state index in [-0.39, 0.29) is 5.91 Å². The van der Waals surface area contributed by atoms with Crippen LogP contribution in [0.3, 0.4) is 0 Å². The molecule has 132 valence electrons. The zero-order valence-corrected chi connectivity index (χ0v) is 14.0. The Morgan fingerprint density at radius 3 is 2.52 bits per heavy atom. The number of aromatic nitrogens is 3. The summed E-state index contributed by atoms with van der Waals surface area (Å²) in [5.74, 6) is 0.587. The van der Waals surface area contributed by atoms with Gasteiger partial charge in [0.15, 0.2) is 11.6 Å². The van der Waals surface area contributed by atoms with E-state index >= 15 is 0 Å². The number of nitrogens with two attached hydrogens (primary N) is 1. The van der Waals surface area contributed by atoms with E-state index < -0.39 is 0 Å². The molecule has 0 unspecified atom stereocenters. The van der Waals surface area contributed by atoms with Gasteiger partial charge < -0.3 is 11.1 Å². The number of rotatable bonds is 5. The lowest BCUT2D eigenvalue weighted by atomic mass is 10.1. The van der Waals surface area contributed by atoms with E-state index in [4.69, 9.17) is 5.73 Å². The Morgan fingerprint density at radius 1 is 1.04 bits per heavy atom. The molecule has 2 aromatic heterocycles. The second-order valence-electron chi connectivity index (χ2n) is 6.11. The van der Waals surface area contributed by atoms with Crippen LogP contribution in [0.2, 0.25) is 0 Å². The molecule has 1 aliphatic rings. The number of carbonyl (C=O) groups is 1. The number of pyridine rings is 1. The minimum atomic E-state index is -0.364. The predicted octanol–water partition coefficient (Wildman–Crippen LogP) is 2.35. The van der Waals surface area contributed by atoms with Crippen LogP contribution in [0, 0.1) is 0 Å². The van der Waals surface area contributed by atoms with Crippen LogP contribution in [-0.2, 0) is 0 Å². The van der Waals surface area contributed by atoms with E-state index in [9.17, 15) is 4.79 Å². The van der Waals surface area contributed by atoms with Crippen LogP contribution in [0.1, 0.15) is 49.0 Å². The third-order valence-corrected chi connectivity index (χ3v) is 4.27. The molecule has 1 amide bonds. The summed E-state index contributed by atoms with van der Waals surface area (Å²) in [6, 6.07) is 5.49. The molecule has 8 heteroatoms. The van der Waals surface area contributed by atoms with Gasteiger partial charge in [0.25, 0.3) is 5.91 Å². The largest absolute Gasteiger partial charge is 0.393 e. The fourth-order valence-corrected chi connectivity index (χ4v) is 2.90. The van der Waals surface area contributed by atoms with Gasteiger partial charge in [0.05, 0.1) is 0 Å². The molecule has 1 fully saturated rings. The van der Waals surface area contributed by atoms with Crippen molar-refractivity contribution in [3.8, 4) is 0 Å². The molecule has 8 nitrogen and oxygen atoms in total. The minimum absolute atomic E-state index is 0.305. The van der Waals surface area contributed by atoms with Crippen LogP contribution >= 0.6 is 0 Å². The van der Waals surface area contributed by atoms with Crippen LogP contribution in [0.4, 0.5) is 17.3 Å². The summed E-state index contributed by atoms with van der Waals surface area (Å²) in [5, 5.41) is 3.41. The van der Waals surface area contributed by atoms with E-state index in [2.05, 4.69) is 31.1 Å². The van der Waals surface area contributed by atoms with Crippen molar-refractivity contribution in [2.45, 2.75) is 44.6 Å². The standard InChI is InChI=1S/C17H23N7O/c18-14-15(22-12-7-3-1-2-4-8-12)20-11-21-16(14)23-24-17(25)13-9-5-6-10-19-13/h5-6,9-12H,1-4,7-8,18H2,(H,24,25)(H2,20,21,22,23). The van der Waals surface area contributed by atoms with Gasteiger partial charge in [0, 0.05) is 12.2 Å². The molecule has 0 spiro atoms. The number of amides is 1. The average Bonchev–Trinajstić information content (AvgIpc) is 2.91. The SMILES string of the molecule is Nc1c(NNC(=O)c2ccccn2)ncnc1NC1CCCCCC1. The molecule has 2 aromatic rings. The molecule has 1 aliphatic carbocycles. The highest BCUT2D eigenvalue weighted by Crippen LogP contribution is 2.26. The average molecular weight is 341 g/mol. The smallest absolute Gasteiger partial charge is 0.288 e. The molecule has 0 aromatic carbocycles. The van der Waals surface area contributed by atoms with E-state index in [0.29, 0.717) is 29.1 Å². The lowest BCUT2D eigenvalue weighted by Gasteiger charge is -2.19. The Kier molecular flexibility index (Phi) is 5.61. The molecule has 0 aliphatic heterocycles. The second-order valence-corrected chi connectivity index (χ2v) is 6.11. The number of nitrogens with one attached hydrogen (secondary N) is 3. The fraction of sp³-hybridized carbons (Fsp3) is 0.412. The van der Waals surface area contributed by atoms with Crippen LogP contribution < -0.4 is 21.9 Å². The summed E-state index contributed by atoms with van der Waals surface area (Å²) in [6.45, 7) is 0. The number of carbonyl (C=O) groups excluding carboxylic acids is 1. The Morgan fingerprint density at radius 2 is 1.80 bits per heavy atom. The lowest BCUT2D eigenvalue weighted by Crippen LogP contribution is -2.31. The van der Waals surface area contributed by atoms with E-state index in [0.717, 1.165) is 12.8 Å². The summed E-state index contributed by atoms with van der Waals surface area (Å²) >= 11 is 0. The van der Waals surface area contributed by atoms with Crippen LogP contribution in [-0.4, -0.2) is 26.9 Å². The van der Waals surface area contributed by atoms with Crippen molar-refractivity contribution in [3.63, 3.8) is 0 Å². The minimum Gasteiger partial charge on any atom is -0.393 e. The molecule has 0 saturated heterocycles. The fourth-order valence-electron chi connectivity index (χ4n) is 2.90. The molecule has 1 saturated carbocycles. The third kappa shape index (κ3) is 4.56. The van der Waals surface area contributed by atoms with E-state index in [1.807, 2.05) is 0 Å². The van der Waals surface area contributed by atoms with Crippen molar-refractivity contribution in [2.75, 3.05) is 16.5 Å². The van der Waals surface area contributed by atoms with Gasteiger partial charge in [0.2, 0.25) is 0 Å². The molecule has 2 heterocycles. The summed E-state index contributed by atoms with van der Waals surface area (Å²) in [6.07, 6.45) is 10.2. The Labute approximate surface area is 146 Å². The summed E-state index contributed by atoms with van der Waals surface area (Å²) < 4.78 is 0. The van der Waals surface area contributed by atoms with Gasteiger partial charge in [-0.05, 0) is 25.0 Å². The maximum atomic E-state index is 12.0. The molecule has 3 rings (SSSR count). The van der Waals surface area contributed by atoms with Crippen LogP contribution in [0.25, 0.3) is 0 Å². The van der Waals surface area contributed by atoms with Crippen LogP contribution in [0.15, 0.2) is 30.7 Å². The van der Waals surface area contributed by atoms with Crippen molar-refractivity contribution < 1.29 is 4.79 Å². The molecule has 0 atom stereocenters. The number of nitrogens with zero attached hydrogens (tertiary/aromatic N) is 3. The highest BCUT2D eigenvalue weighted by atomic mass is 16.2. The molecule has 0 bridgehead atoms. The zero-order chi connectivity index (χ0) is 17.5. The number of hydrazine groups is 1. The highest BCUT2D eigenvalue weighted by Gasteiger charge is 2.16. The van der Waals surface area contributed by atoms with Gasteiger partial charge in [-0.15, -0.1) is 0 Å². The van der Waals surface area contributed by atoms with Crippen LogP contribution in [0.5, 0.6) is 0 Å². The van der Waals surface area contributed by atoms with Gasteiger partial charge >= 0.3 is 0 Å². The quantitative estimate of drug-likeness (QED) is 0.487. The van der Waals surface area contributed by atoms with Crippen molar-refractivity contribution in [1.82, 2.24) is 20.4 Å². The number of hydrogen-bond donors (Lipinski definition) is 4. The monoisotopic (exact) mass is 341 g/mol. The van der Waals surface area contributed by atoms with E-state index in [1.165, 1.54) is 32.0 Å². The molecule has 0 radical (unpaired) electrons. The Bertz CT molecular complexity index is 699. The summed E-state index contributed by atoms with van der Waals surface area (Å²) in [7, 11) is 0. The highest BCUT2D eigenvalue weighted by molar-refractivity contribution is 5.93. The van der Waals surface area contributed by atoms with Crippen molar-refractivity contribution >= 4 is 23.2 Å². The first-order valence-electron chi connectivity index (χ1n) is 8.58. The normalized spacial score (nSPS) is 15.2. The Balaban J connectivity index is 1.63. The van der Waals surface area contributed by atoms with E-state index in [1.54, 1.807) is 24.4 Å². The van der Waals surface area contributed by atoms with Gasteiger partial charge in [-0.3, -0.25) is 20.6 Å². The van der Waals surface area contributed by atoms with Gasteiger partial charge in [-0.2, -0.15) is 0 Å². The first kappa shape index (κ1) is 16.9. The number of hydrogen-bond acceptors (Lipinski definition) is 7.